The maximum absolute atomic E-state index is 12.1. The SMILES string of the molecule is CC(C)CCS(=O)(=O)NC1C(C)(C)C(N)C1(C)C. The molecule has 0 bridgehead atoms. The minimum atomic E-state index is -3.21. The van der Waals surface area contributed by atoms with Gasteiger partial charge in [-0.2, -0.15) is 0 Å². The first-order valence-corrected chi connectivity index (χ1v) is 8.32. The van der Waals surface area contributed by atoms with Crippen LogP contribution >= 0.6 is 0 Å². The van der Waals surface area contributed by atoms with E-state index in [-0.39, 0.29) is 28.7 Å². The third-order valence-corrected chi connectivity index (χ3v) is 5.72. The number of rotatable bonds is 5. The van der Waals surface area contributed by atoms with E-state index in [1.807, 2.05) is 41.5 Å². The number of nitrogens with one attached hydrogen (secondary N) is 1. The summed E-state index contributed by atoms with van der Waals surface area (Å²) in [5, 5.41) is 0. The van der Waals surface area contributed by atoms with Gasteiger partial charge in [0.1, 0.15) is 0 Å². The fourth-order valence-electron chi connectivity index (χ4n) is 3.11. The lowest BCUT2D eigenvalue weighted by molar-refractivity contribution is -0.0593. The number of hydrogen-bond donors (Lipinski definition) is 2. The Bertz CT molecular complexity index is 383. The van der Waals surface area contributed by atoms with Crippen molar-refractivity contribution < 1.29 is 8.42 Å². The first kappa shape index (κ1) is 15.9. The Balaban J connectivity index is 2.73. The number of sulfonamides is 1. The van der Waals surface area contributed by atoms with E-state index >= 15 is 0 Å². The second-order valence-corrected chi connectivity index (χ2v) is 9.05. The molecule has 4 nitrogen and oxygen atoms in total. The smallest absolute Gasteiger partial charge is 0.211 e. The molecule has 0 atom stereocenters. The summed E-state index contributed by atoms with van der Waals surface area (Å²) in [5.41, 5.74) is 5.76. The first-order valence-electron chi connectivity index (χ1n) is 6.67. The Morgan fingerprint density at radius 3 is 2.00 bits per heavy atom. The van der Waals surface area contributed by atoms with Gasteiger partial charge in [-0.1, -0.05) is 41.5 Å². The predicted octanol–water partition coefficient (Wildman–Crippen LogP) is 1.71. The van der Waals surface area contributed by atoms with Crippen LogP contribution in [0.15, 0.2) is 0 Å². The molecule has 0 aliphatic heterocycles. The zero-order valence-electron chi connectivity index (χ0n) is 12.4. The fourth-order valence-corrected chi connectivity index (χ4v) is 4.98. The van der Waals surface area contributed by atoms with Crippen LogP contribution in [0.25, 0.3) is 0 Å². The molecule has 108 valence electrons. The van der Waals surface area contributed by atoms with E-state index in [4.69, 9.17) is 5.73 Å². The van der Waals surface area contributed by atoms with Crippen molar-refractivity contribution in [3.05, 3.63) is 0 Å². The summed E-state index contributed by atoms with van der Waals surface area (Å²) in [6, 6.07) is -0.0695. The van der Waals surface area contributed by atoms with E-state index in [1.165, 1.54) is 0 Å². The van der Waals surface area contributed by atoms with Gasteiger partial charge in [-0.3, -0.25) is 0 Å². The third-order valence-electron chi connectivity index (χ3n) is 4.35. The molecular weight excluding hydrogens is 248 g/mol. The Kier molecular flexibility index (Phi) is 4.21. The van der Waals surface area contributed by atoms with E-state index in [0.29, 0.717) is 12.3 Å². The van der Waals surface area contributed by atoms with Crippen molar-refractivity contribution in [2.24, 2.45) is 22.5 Å². The van der Waals surface area contributed by atoms with E-state index in [1.54, 1.807) is 0 Å². The summed E-state index contributed by atoms with van der Waals surface area (Å²) in [6.07, 6.45) is 0.689. The van der Waals surface area contributed by atoms with Crippen LogP contribution in [0.4, 0.5) is 0 Å². The maximum atomic E-state index is 12.1. The quantitative estimate of drug-likeness (QED) is 0.803. The summed E-state index contributed by atoms with van der Waals surface area (Å²) in [6.45, 7) is 12.2. The molecule has 1 rings (SSSR count). The van der Waals surface area contributed by atoms with Crippen LogP contribution in [0.5, 0.6) is 0 Å². The van der Waals surface area contributed by atoms with Crippen molar-refractivity contribution in [2.45, 2.75) is 60.0 Å². The average molecular weight is 276 g/mol. The van der Waals surface area contributed by atoms with Gasteiger partial charge >= 0.3 is 0 Å². The van der Waals surface area contributed by atoms with Crippen LogP contribution in [-0.4, -0.2) is 26.3 Å². The highest BCUT2D eigenvalue weighted by molar-refractivity contribution is 7.89. The predicted molar refractivity (Wildman–Crippen MR) is 75.7 cm³/mol. The monoisotopic (exact) mass is 276 g/mol. The van der Waals surface area contributed by atoms with E-state index in [0.717, 1.165) is 0 Å². The average Bonchev–Trinajstić information content (AvgIpc) is 2.22. The van der Waals surface area contributed by atoms with Gasteiger partial charge in [-0.15, -0.1) is 0 Å². The van der Waals surface area contributed by atoms with E-state index in [2.05, 4.69) is 4.72 Å². The highest BCUT2D eigenvalue weighted by atomic mass is 32.2. The topological polar surface area (TPSA) is 72.2 Å². The molecule has 0 saturated heterocycles. The molecule has 1 fully saturated rings. The second kappa shape index (κ2) is 4.76. The van der Waals surface area contributed by atoms with Crippen LogP contribution in [0.2, 0.25) is 0 Å². The molecule has 18 heavy (non-hydrogen) atoms. The zero-order chi connectivity index (χ0) is 14.4. The lowest BCUT2D eigenvalue weighted by atomic mass is 9.49. The van der Waals surface area contributed by atoms with Gasteiger partial charge in [0.15, 0.2) is 0 Å². The van der Waals surface area contributed by atoms with Gasteiger partial charge in [0.25, 0.3) is 0 Å². The lowest BCUT2D eigenvalue weighted by Gasteiger charge is -2.62. The normalized spacial score (nSPS) is 30.2. The molecule has 0 aromatic heterocycles. The number of nitrogens with two attached hydrogens (primary N) is 1. The molecule has 0 amide bonds. The van der Waals surface area contributed by atoms with Crippen molar-refractivity contribution >= 4 is 10.0 Å². The second-order valence-electron chi connectivity index (χ2n) is 7.17. The largest absolute Gasteiger partial charge is 0.327 e. The standard InChI is InChI=1S/C13H28N2O2S/c1-9(2)7-8-18(16,17)15-11-12(3,4)10(14)13(11,5)6/h9-11,15H,7-8,14H2,1-6H3. The van der Waals surface area contributed by atoms with Crippen LogP contribution < -0.4 is 10.5 Å². The molecule has 1 aliphatic rings. The highest BCUT2D eigenvalue weighted by Crippen LogP contribution is 2.52. The number of hydrogen-bond acceptors (Lipinski definition) is 3. The summed E-state index contributed by atoms with van der Waals surface area (Å²) in [5.74, 6) is 0.592. The minimum absolute atomic E-state index is 0.0165. The van der Waals surface area contributed by atoms with Crippen LogP contribution in [-0.2, 0) is 10.0 Å². The lowest BCUT2D eigenvalue weighted by Crippen LogP contribution is -2.76. The van der Waals surface area contributed by atoms with Crippen molar-refractivity contribution in [2.75, 3.05) is 5.75 Å². The highest BCUT2D eigenvalue weighted by Gasteiger charge is 2.60. The molecule has 1 saturated carbocycles. The minimum Gasteiger partial charge on any atom is -0.327 e. The molecule has 5 heteroatoms. The molecule has 1 aliphatic carbocycles. The van der Waals surface area contributed by atoms with Crippen molar-refractivity contribution in [3.8, 4) is 0 Å². The van der Waals surface area contributed by atoms with Gasteiger partial charge in [-0.25, -0.2) is 13.1 Å². The first-order chi connectivity index (χ1) is 7.91. The van der Waals surface area contributed by atoms with E-state index in [9.17, 15) is 8.42 Å². The fraction of sp³-hybridized carbons (Fsp3) is 1.00. The summed E-state index contributed by atoms with van der Waals surface area (Å²) in [7, 11) is -3.21. The Morgan fingerprint density at radius 2 is 1.61 bits per heavy atom. The molecule has 0 unspecified atom stereocenters. The summed E-state index contributed by atoms with van der Waals surface area (Å²) < 4.78 is 27.0. The van der Waals surface area contributed by atoms with Gasteiger partial charge in [0.2, 0.25) is 10.0 Å². The molecule has 0 aromatic rings. The molecular formula is C13H28N2O2S. The molecule has 0 aromatic carbocycles. The van der Waals surface area contributed by atoms with E-state index < -0.39 is 10.0 Å². The zero-order valence-corrected chi connectivity index (χ0v) is 13.3. The van der Waals surface area contributed by atoms with Gasteiger partial charge in [0.05, 0.1) is 5.75 Å². The van der Waals surface area contributed by atoms with Crippen molar-refractivity contribution in [3.63, 3.8) is 0 Å². The Hall–Kier alpha value is -0.130. The summed E-state index contributed by atoms with van der Waals surface area (Å²) in [4.78, 5) is 0. The maximum Gasteiger partial charge on any atom is 0.211 e. The molecule has 3 N–H and O–H groups in total. The van der Waals surface area contributed by atoms with Crippen LogP contribution in [0.1, 0.15) is 48.0 Å². The van der Waals surface area contributed by atoms with Gasteiger partial charge in [0, 0.05) is 12.1 Å². The molecule has 0 heterocycles. The van der Waals surface area contributed by atoms with Gasteiger partial charge < -0.3 is 5.73 Å². The summed E-state index contributed by atoms with van der Waals surface area (Å²) >= 11 is 0. The molecule has 0 radical (unpaired) electrons. The van der Waals surface area contributed by atoms with Crippen LogP contribution in [0, 0.1) is 16.7 Å². The van der Waals surface area contributed by atoms with Crippen molar-refractivity contribution in [1.82, 2.24) is 4.72 Å². The Morgan fingerprint density at radius 1 is 1.17 bits per heavy atom. The van der Waals surface area contributed by atoms with Gasteiger partial charge in [-0.05, 0) is 23.2 Å². The third kappa shape index (κ3) is 2.89. The van der Waals surface area contributed by atoms with Crippen LogP contribution in [0.3, 0.4) is 0 Å². The van der Waals surface area contributed by atoms with Crippen molar-refractivity contribution in [1.29, 1.82) is 0 Å². The Labute approximate surface area is 112 Å². The molecule has 0 spiro atoms.